The monoisotopic (exact) mass is 172 g/mol. The van der Waals surface area contributed by atoms with Crippen molar-refractivity contribution in [3.05, 3.63) is 0 Å². The Morgan fingerprint density at radius 1 is 1.42 bits per heavy atom. The zero-order valence-corrected chi connectivity index (χ0v) is 7.51. The Morgan fingerprint density at radius 3 is 2.50 bits per heavy atom. The van der Waals surface area contributed by atoms with Crippen molar-refractivity contribution < 1.29 is 14.4 Å². The molecule has 0 aromatic rings. The van der Waals surface area contributed by atoms with E-state index in [1.807, 2.05) is 0 Å². The van der Waals surface area contributed by atoms with Gasteiger partial charge in [-0.3, -0.25) is 0 Å². The summed E-state index contributed by atoms with van der Waals surface area (Å²) >= 11 is 0. The molecule has 1 fully saturated rings. The van der Waals surface area contributed by atoms with Crippen LogP contribution in [0.3, 0.4) is 0 Å². The quantitative estimate of drug-likeness (QED) is 0.577. The van der Waals surface area contributed by atoms with Gasteiger partial charge < -0.3 is 9.80 Å². The van der Waals surface area contributed by atoms with Crippen molar-refractivity contribution in [2.75, 3.05) is 39.8 Å². The Labute approximate surface area is 72.8 Å². The summed E-state index contributed by atoms with van der Waals surface area (Å²) in [6.45, 7) is 4.72. The molecule has 4 heteroatoms. The average Bonchev–Trinajstić information content (AvgIpc) is 2.03. The fraction of sp³-hybridized carbons (Fsp3) is 0.875. The Balaban J connectivity index is 2.31. The fourth-order valence-corrected chi connectivity index (χ4v) is 1.52. The van der Waals surface area contributed by atoms with Crippen LogP contribution in [0.15, 0.2) is 0 Å². The van der Waals surface area contributed by atoms with Gasteiger partial charge in [0.25, 0.3) is 0 Å². The Kier molecular flexibility index (Phi) is 3.05. The number of carbonyl (C=O) groups is 1. The molecule has 0 bridgehead atoms. The summed E-state index contributed by atoms with van der Waals surface area (Å²) in [6, 6.07) is 0. The molecule has 12 heavy (non-hydrogen) atoms. The van der Waals surface area contributed by atoms with Gasteiger partial charge in [-0.25, -0.2) is 9.90 Å². The Morgan fingerprint density at radius 2 is 2.00 bits per heavy atom. The maximum Gasteiger partial charge on any atom is 0.361 e. The first kappa shape index (κ1) is 9.48. The SMILES string of the molecule is C[N+]1(CCC([O])=O)CCNCC1. The minimum atomic E-state index is -0.937. The van der Waals surface area contributed by atoms with Crippen LogP contribution in [0.2, 0.25) is 0 Å². The highest BCUT2D eigenvalue weighted by molar-refractivity contribution is 5.66. The lowest BCUT2D eigenvalue weighted by atomic mass is 10.2. The van der Waals surface area contributed by atoms with Crippen LogP contribution in [0, 0.1) is 0 Å². The van der Waals surface area contributed by atoms with Crippen molar-refractivity contribution in [2.24, 2.45) is 0 Å². The second kappa shape index (κ2) is 3.87. The summed E-state index contributed by atoms with van der Waals surface area (Å²) in [6.07, 6.45) is 0.177. The number of hydrogen-bond acceptors (Lipinski definition) is 2. The number of rotatable bonds is 3. The Bertz CT molecular complexity index is 164. The second-order valence-electron chi connectivity index (χ2n) is 3.66. The number of hydrogen-bond donors (Lipinski definition) is 1. The molecule has 0 saturated carbocycles. The first-order chi connectivity index (χ1) is 5.62. The van der Waals surface area contributed by atoms with Gasteiger partial charge in [0.05, 0.1) is 33.1 Å². The normalized spacial score (nSPS) is 22.1. The molecule has 4 nitrogen and oxygen atoms in total. The summed E-state index contributed by atoms with van der Waals surface area (Å²) in [7, 11) is 2.10. The van der Waals surface area contributed by atoms with Gasteiger partial charge in [0.15, 0.2) is 0 Å². The van der Waals surface area contributed by atoms with Crippen LogP contribution in [0.4, 0.5) is 0 Å². The molecule has 0 aromatic heterocycles. The van der Waals surface area contributed by atoms with E-state index in [4.69, 9.17) is 0 Å². The van der Waals surface area contributed by atoms with Gasteiger partial charge in [-0.2, -0.15) is 0 Å². The first-order valence-corrected chi connectivity index (χ1v) is 4.36. The van der Waals surface area contributed by atoms with Crippen LogP contribution in [-0.2, 0) is 9.90 Å². The topological polar surface area (TPSA) is 49.0 Å². The van der Waals surface area contributed by atoms with Crippen LogP contribution in [0.1, 0.15) is 6.42 Å². The van der Waals surface area contributed by atoms with Crippen molar-refractivity contribution in [3.63, 3.8) is 0 Å². The van der Waals surface area contributed by atoms with Crippen molar-refractivity contribution in [1.29, 1.82) is 0 Å². The molecule has 0 amide bonds. The number of nitrogens with zero attached hydrogens (tertiary/aromatic N) is 1. The van der Waals surface area contributed by atoms with Gasteiger partial charge in [-0.1, -0.05) is 0 Å². The van der Waals surface area contributed by atoms with E-state index in [0.717, 1.165) is 30.7 Å². The van der Waals surface area contributed by atoms with E-state index in [2.05, 4.69) is 12.4 Å². The molecule has 1 heterocycles. The number of nitrogens with one attached hydrogen (secondary N) is 1. The third-order valence-electron chi connectivity index (χ3n) is 2.51. The van der Waals surface area contributed by atoms with Crippen LogP contribution in [0.25, 0.3) is 0 Å². The summed E-state index contributed by atoms with van der Waals surface area (Å²) in [5, 5.41) is 13.5. The lowest BCUT2D eigenvalue weighted by Gasteiger charge is -2.37. The molecule has 0 aromatic carbocycles. The van der Waals surface area contributed by atoms with Gasteiger partial charge in [-0.15, -0.1) is 0 Å². The van der Waals surface area contributed by atoms with Crippen molar-refractivity contribution in [2.45, 2.75) is 6.42 Å². The van der Waals surface area contributed by atoms with Crippen molar-refractivity contribution in [3.8, 4) is 0 Å². The predicted octanol–water partition coefficient (Wildman–Crippen LogP) is -0.617. The minimum absolute atomic E-state index is 0.177. The molecule has 0 aliphatic carbocycles. The van der Waals surface area contributed by atoms with Crippen LogP contribution in [0.5, 0.6) is 0 Å². The predicted molar refractivity (Wildman–Crippen MR) is 44.0 cm³/mol. The lowest BCUT2D eigenvalue weighted by molar-refractivity contribution is -0.910. The highest BCUT2D eigenvalue weighted by Gasteiger charge is 2.25. The van der Waals surface area contributed by atoms with Gasteiger partial charge >= 0.3 is 5.97 Å². The standard InChI is InChI=1S/C8H16N2O2/c1-10(5-2-8(11)12)6-3-9-4-7-10/h9H,2-7H2,1H3/q+1. The summed E-state index contributed by atoms with van der Waals surface area (Å²) in [4.78, 5) is 10.2. The molecule has 0 spiro atoms. The van der Waals surface area contributed by atoms with E-state index in [0.29, 0.717) is 6.54 Å². The third-order valence-corrected chi connectivity index (χ3v) is 2.51. The second-order valence-corrected chi connectivity index (χ2v) is 3.66. The molecule has 1 saturated heterocycles. The van der Waals surface area contributed by atoms with Gasteiger partial charge in [-0.05, 0) is 0 Å². The molecule has 1 N–H and O–H groups in total. The van der Waals surface area contributed by atoms with E-state index < -0.39 is 5.97 Å². The molecule has 1 rings (SSSR count). The zero-order valence-electron chi connectivity index (χ0n) is 7.51. The molecule has 1 aliphatic heterocycles. The average molecular weight is 172 g/mol. The largest absolute Gasteiger partial charge is 0.361 e. The third kappa shape index (κ3) is 2.79. The first-order valence-electron chi connectivity index (χ1n) is 4.36. The van der Waals surface area contributed by atoms with Crippen LogP contribution < -0.4 is 5.32 Å². The number of likely N-dealkylation sites (N-methyl/N-ethyl adjacent to an activating group) is 1. The van der Waals surface area contributed by atoms with Crippen molar-refractivity contribution >= 4 is 5.97 Å². The van der Waals surface area contributed by atoms with E-state index in [1.54, 1.807) is 0 Å². The van der Waals surface area contributed by atoms with Gasteiger partial charge in [0.2, 0.25) is 0 Å². The number of piperazine rings is 1. The highest BCUT2D eigenvalue weighted by atomic mass is 16.4. The zero-order chi connectivity index (χ0) is 9.03. The number of quaternary nitrogens is 1. The van der Waals surface area contributed by atoms with Gasteiger partial charge in [0, 0.05) is 13.1 Å². The smallest absolute Gasteiger partial charge is 0.323 e. The van der Waals surface area contributed by atoms with Crippen LogP contribution >= 0.6 is 0 Å². The van der Waals surface area contributed by atoms with E-state index >= 15 is 0 Å². The lowest BCUT2D eigenvalue weighted by Crippen LogP contribution is -2.56. The molecular weight excluding hydrogens is 156 g/mol. The molecule has 1 radical (unpaired) electrons. The molecule has 0 atom stereocenters. The highest BCUT2D eigenvalue weighted by Crippen LogP contribution is 2.05. The van der Waals surface area contributed by atoms with E-state index in [-0.39, 0.29) is 6.42 Å². The molecule has 0 unspecified atom stereocenters. The molecular formula is C8H16N2O2+. The number of carbonyl (C=O) groups excluding carboxylic acids is 1. The van der Waals surface area contributed by atoms with Crippen LogP contribution in [-0.4, -0.2) is 50.2 Å². The summed E-state index contributed by atoms with van der Waals surface area (Å²) in [5.41, 5.74) is 0. The summed E-state index contributed by atoms with van der Waals surface area (Å²) < 4.78 is 0.862. The van der Waals surface area contributed by atoms with Crippen molar-refractivity contribution in [1.82, 2.24) is 5.32 Å². The van der Waals surface area contributed by atoms with Gasteiger partial charge in [0.1, 0.15) is 0 Å². The van der Waals surface area contributed by atoms with E-state index in [1.165, 1.54) is 0 Å². The maximum absolute atomic E-state index is 10.2. The minimum Gasteiger partial charge on any atom is -0.323 e. The molecule has 1 aliphatic rings. The maximum atomic E-state index is 10.2. The molecule has 69 valence electrons. The van der Waals surface area contributed by atoms with E-state index in [9.17, 15) is 9.90 Å². The fourth-order valence-electron chi connectivity index (χ4n) is 1.52. The summed E-state index contributed by atoms with van der Waals surface area (Å²) in [5.74, 6) is -0.937. The Hall–Kier alpha value is -0.610.